The third-order valence-electron chi connectivity index (χ3n) is 6.77. The molecule has 0 unspecified atom stereocenters. The molecule has 1 aromatic heterocycles. The summed E-state index contributed by atoms with van der Waals surface area (Å²) in [5.74, 6) is -0.124. The summed E-state index contributed by atoms with van der Waals surface area (Å²) in [7, 11) is 1.51. The Balaban J connectivity index is 1.65. The fourth-order valence-electron chi connectivity index (χ4n) is 4.95. The molecule has 5 rings (SSSR count). The molecule has 9 nitrogen and oxygen atoms in total. The molecule has 0 aliphatic heterocycles. The number of carbonyl (C=O) groups is 1. The largest absolute Gasteiger partial charge is 0.511 e. The highest BCUT2D eigenvalue weighted by molar-refractivity contribution is 5.97. The maximum atomic E-state index is 13.7. The second-order valence-electron chi connectivity index (χ2n) is 9.62. The molecule has 12 heteroatoms. The molecule has 0 bridgehead atoms. The molecule has 0 aliphatic carbocycles. The number of hydrogen-bond acceptors (Lipinski definition) is 7. The highest BCUT2D eigenvalue weighted by Gasteiger charge is 2.32. The molecule has 5 aromatic rings. The summed E-state index contributed by atoms with van der Waals surface area (Å²) in [6.45, 7) is 3.55. The summed E-state index contributed by atoms with van der Waals surface area (Å²) in [6, 6.07) is 17.0. The summed E-state index contributed by atoms with van der Waals surface area (Å²) in [6.07, 6.45) is -6.13. The number of halogens is 3. The number of aryl methyl sites for hydroxylation is 2. The van der Waals surface area contributed by atoms with Crippen LogP contribution in [0.3, 0.4) is 0 Å². The van der Waals surface area contributed by atoms with Gasteiger partial charge in [-0.15, -0.1) is 10.2 Å². The average molecular weight is 592 g/mol. The number of fused-ring (bicyclic) bond motifs is 1. The van der Waals surface area contributed by atoms with Crippen molar-refractivity contribution in [3.8, 4) is 39.9 Å². The smallest absolute Gasteiger partial charge is 0.505 e. The Kier molecular flexibility index (Phi) is 7.45. The van der Waals surface area contributed by atoms with E-state index in [4.69, 9.17) is 9.84 Å². The lowest BCUT2D eigenvalue weighted by Gasteiger charge is -2.14. The number of aromatic nitrogens is 1. The van der Waals surface area contributed by atoms with Gasteiger partial charge in [0.15, 0.2) is 11.4 Å². The molecule has 0 saturated heterocycles. The van der Waals surface area contributed by atoms with E-state index < -0.39 is 23.8 Å². The molecular weight excluding hydrogens is 567 g/mol. The van der Waals surface area contributed by atoms with Crippen LogP contribution in [0.5, 0.6) is 23.1 Å². The van der Waals surface area contributed by atoms with Crippen molar-refractivity contribution in [3.05, 3.63) is 89.5 Å². The molecule has 3 N–H and O–H groups in total. The lowest BCUT2D eigenvalue weighted by molar-refractivity contribution is -0.137. The van der Waals surface area contributed by atoms with Gasteiger partial charge in [0.2, 0.25) is 5.88 Å². The predicted octanol–water partition coefficient (Wildman–Crippen LogP) is 8.83. The highest BCUT2D eigenvalue weighted by Crippen LogP contribution is 2.45. The molecule has 43 heavy (non-hydrogen) atoms. The number of methoxy groups -OCH3 is 1. The SMILES string of the molecule is COc1c(C)cc(-n2c(O)c(N=Nc3cccc(-c4cccc(OC(=O)O)c4)c3O)c3ccc(C(F)(F)F)cc32)cc1C. The van der Waals surface area contributed by atoms with Gasteiger partial charge in [0.05, 0.1) is 18.2 Å². The summed E-state index contributed by atoms with van der Waals surface area (Å²) >= 11 is 0. The van der Waals surface area contributed by atoms with Crippen LogP contribution in [0.1, 0.15) is 16.7 Å². The zero-order valence-electron chi connectivity index (χ0n) is 23.0. The number of rotatable bonds is 6. The molecule has 0 spiro atoms. The highest BCUT2D eigenvalue weighted by atomic mass is 19.4. The Morgan fingerprint density at radius 2 is 1.60 bits per heavy atom. The first-order valence-electron chi connectivity index (χ1n) is 12.7. The maximum absolute atomic E-state index is 13.7. The molecule has 0 fully saturated rings. The lowest BCUT2D eigenvalue weighted by Crippen LogP contribution is -2.05. The van der Waals surface area contributed by atoms with Gasteiger partial charge in [-0.1, -0.05) is 24.3 Å². The number of nitrogens with zero attached hydrogens (tertiary/aromatic N) is 3. The van der Waals surface area contributed by atoms with Gasteiger partial charge in [-0.3, -0.25) is 4.57 Å². The van der Waals surface area contributed by atoms with Gasteiger partial charge in [0, 0.05) is 16.6 Å². The Bertz CT molecular complexity index is 1890. The Labute approximate surface area is 242 Å². The molecule has 0 saturated carbocycles. The van der Waals surface area contributed by atoms with Gasteiger partial charge in [-0.2, -0.15) is 13.2 Å². The van der Waals surface area contributed by atoms with E-state index in [2.05, 4.69) is 15.0 Å². The van der Waals surface area contributed by atoms with E-state index >= 15 is 0 Å². The number of phenolic OH excluding ortho intramolecular Hbond substituents is 1. The van der Waals surface area contributed by atoms with E-state index in [1.807, 2.05) is 0 Å². The zero-order chi connectivity index (χ0) is 31.1. The van der Waals surface area contributed by atoms with Gasteiger partial charge in [0.1, 0.15) is 17.2 Å². The number of para-hydroxylation sites is 1. The van der Waals surface area contributed by atoms with Crippen LogP contribution in [0.4, 0.5) is 29.3 Å². The maximum Gasteiger partial charge on any atom is 0.511 e. The molecule has 0 aliphatic rings. The van der Waals surface area contributed by atoms with Crippen molar-refractivity contribution < 1.29 is 42.8 Å². The van der Waals surface area contributed by atoms with E-state index in [9.17, 15) is 28.2 Å². The first-order valence-corrected chi connectivity index (χ1v) is 12.7. The van der Waals surface area contributed by atoms with Gasteiger partial charge in [-0.05, 0) is 79.1 Å². The molecule has 0 amide bonds. The molecule has 4 aromatic carbocycles. The second kappa shape index (κ2) is 11.0. The third kappa shape index (κ3) is 5.54. The number of alkyl halides is 3. The van der Waals surface area contributed by atoms with Crippen molar-refractivity contribution in [2.45, 2.75) is 20.0 Å². The predicted molar refractivity (Wildman–Crippen MR) is 152 cm³/mol. The van der Waals surface area contributed by atoms with Gasteiger partial charge in [0.25, 0.3) is 0 Å². The standard InChI is InChI=1S/C31H24F3N3O6/c1-16-12-20(13-17(2)28(16)42-3)37-25-15-19(31(32,33)34)10-11-23(25)26(29(37)39)36-35-24-9-5-8-22(27(24)38)18-6-4-7-21(14-18)43-30(40)41/h4-15,38-39H,1-3H3,(H,40,41). The average Bonchev–Trinajstić information content (AvgIpc) is 3.21. The molecule has 220 valence electrons. The number of aromatic hydroxyl groups is 2. The fourth-order valence-corrected chi connectivity index (χ4v) is 4.95. The monoisotopic (exact) mass is 591 g/mol. The van der Waals surface area contributed by atoms with Gasteiger partial charge in [-0.25, -0.2) is 4.79 Å². The quantitative estimate of drug-likeness (QED) is 0.103. The Hall–Kier alpha value is -5.52. The van der Waals surface area contributed by atoms with Crippen LogP contribution in [0.15, 0.2) is 83.0 Å². The van der Waals surface area contributed by atoms with Crippen molar-refractivity contribution >= 4 is 28.4 Å². The molecule has 0 atom stereocenters. The van der Waals surface area contributed by atoms with Crippen LogP contribution < -0.4 is 9.47 Å². The van der Waals surface area contributed by atoms with Gasteiger partial charge >= 0.3 is 12.3 Å². The Morgan fingerprint density at radius 3 is 2.26 bits per heavy atom. The van der Waals surface area contributed by atoms with Crippen molar-refractivity contribution in [1.29, 1.82) is 0 Å². The van der Waals surface area contributed by atoms with Crippen molar-refractivity contribution in [2.75, 3.05) is 7.11 Å². The number of carboxylic acid groups (broad SMARTS) is 1. The van der Waals surface area contributed by atoms with E-state index in [0.717, 1.165) is 12.1 Å². The second-order valence-corrected chi connectivity index (χ2v) is 9.62. The van der Waals surface area contributed by atoms with Crippen LogP contribution >= 0.6 is 0 Å². The number of benzene rings is 4. The first-order chi connectivity index (χ1) is 20.4. The number of hydrogen-bond donors (Lipinski definition) is 3. The van der Waals surface area contributed by atoms with Crippen LogP contribution in [0.25, 0.3) is 27.7 Å². The van der Waals surface area contributed by atoms with E-state index in [-0.39, 0.29) is 39.3 Å². The minimum absolute atomic E-state index is 0.00889. The fraction of sp³-hybridized carbons (Fsp3) is 0.129. The molecule has 1 heterocycles. The van der Waals surface area contributed by atoms with Crippen molar-refractivity contribution in [2.24, 2.45) is 10.2 Å². The number of azo groups is 1. The summed E-state index contributed by atoms with van der Waals surface area (Å²) in [5, 5.41) is 39.7. The van der Waals surface area contributed by atoms with Crippen molar-refractivity contribution in [3.63, 3.8) is 0 Å². The molecule has 0 radical (unpaired) electrons. The Morgan fingerprint density at radius 1 is 0.907 bits per heavy atom. The van der Waals surface area contributed by atoms with Crippen molar-refractivity contribution in [1.82, 2.24) is 4.57 Å². The van der Waals surface area contributed by atoms with Crippen LogP contribution in [0.2, 0.25) is 0 Å². The lowest BCUT2D eigenvalue weighted by atomic mass is 10.0. The summed E-state index contributed by atoms with van der Waals surface area (Å²) < 4.78 is 52.4. The summed E-state index contributed by atoms with van der Waals surface area (Å²) in [5.41, 5.74) is 1.51. The van der Waals surface area contributed by atoms with Crippen LogP contribution in [-0.4, -0.2) is 33.2 Å². The van der Waals surface area contributed by atoms with E-state index in [1.165, 1.54) is 35.9 Å². The normalized spacial score (nSPS) is 11.8. The first kappa shape index (κ1) is 29.0. The zero-order valence-corrected chi connectivity index (χ0v) is 23.0. The number of ether oxygens (including phenoxy) is 2. The topological polar surface area (TPSA) is 126 Å². The van der Waals surface area contributed by atoms with Gasteiger partial charge < -0.3 is 24.8 Å². The van der Waals surface area contributed by atoms with E-state index in [1.54, 1.807) is 50.2 Å². The van der Waals surface area contributed by atoms with Crippen LogP contribution in [0, 0.1) is 13.8 Å². The minimum Gasteiger partial charge on any atom is -0.505 e. The third-order valence-corrected chi connectivity index (χ3v) is 6.77. The molecular formula is C31H24F3N3O6. The minimum atomic E-state index is -4.63. The van der Waals surface area contributed by atoms with E-state index in [0.29, 0.717) is 28.1 Å². The number of phenols is 1. The summed E-state index contributed by atoms with van der Waals surface area (Å²) in [4.78, 5) is 10.9. The van der Waals surface area contributed by atoms with Crippen LogP contribution in [-0.2, 0) is 6.18 Å².